The lowest BCUT2D eigenvalue weighted by molar-refractivity contribution is 0.195. The number of rotatable bonds is 3. The van der Waals surface area contributed by atoms with Gasteiger partial charge >= 0.3 is 0 Å². The van der Waals surface area contributed by atoms with Crippen LogP contribution in [0, 0.1) is 11.3 Å². The fourth-order valence-electron chi connectivity index (χ4n) is 1.82. The van der Waals surface area contributed by atoms with Gasteiger partial charge in [-0.15, -0.1) is 0 Å². The highest BCUT2D eigenvalue weighted by Crippen LogP contribution is 2.19. The first-order chi connectivity index (χ1) is 5.72. The summed E-state index contributed by atoms with van der Waals surface area (Å²) in [6.45, 7) is 5.74. The van der Waals surface area contributed by atoms with Gasteiger partial charge in [0.25, 0.3) is 0 Å². The second kappa shape index (κ2) is 4.45. The van der Waals surface area contributed by atoms with E-state index in [4.69, 9.17) is 11.1 Å². The molecule has 0 radical (unpaired) electrons. The van der Waals surface area contributed by atoms with Crippen molar-refractivity contribution in [1.82, 2.24) is 4.90 Å². The van der Waals surface area contributed by atoms with Crippen molar-refractivity contribution in [2.24, 2.45) is 11.7 Å². The minimum absolute atomic E-state index is 0.352. The lowest BCUT2D eigenvalue weighted by Crippen LogP contribution is -2.34. The van der Waals surface area contributed by atoms with Gasteiger partial charge in [0.2, 0.25) is 0 Å². The predicted octanol–water partition coefficient (Wildman–Crippen LogP) is 1.04. The number of amidine groups is 1. The van der Waals surface area contributed by atoms with Crippen molar-refractivity contribution in [2.45, 2.75) is 26.2 Å². The van der Waals surface area contributed by atoms with Crippen molar-refractivity contribution < 1.29 is 0 Å². The van der Waals surface area contributed by atoms with Gasteiger partial charge in [0, 0.05) is 6.42 Å². The number of hydrogen-bond donors (Lipinski definition) is 2. The van der Waals surface area contributed by atoms with Crippen LogP contribution in [-0.2, 0) is 0 Å². The van der Waals surface area contributed by atoms with Gasteiger partial charge in [-0.05, 0) is 38.4 Å². The molecular weight excluding hydrogens is 150 g/mol. The summed E-state index contributed by atoms with van der Waals surface area (Å²) in [4.78, 5) is 2.45. The van der Waals surface area contributed by atoms with Crippen molar-refractivity contribution in [3.05, 3.63) is 0 Å². The molecule has 0 unspecified atom stereocenters. The maximum atomic E-state index is 7.19. The maximum absolute atomic E-state index is 7.19. The van der Waals surface area contributed by atoms with Gasteiger partial charge in [-0.2, -0.15) is 0 Å². The van der Waals surface area contributed by atoms with Crippen molar-refractivity contribution >= 4 is 5.84 Å². The molecule has 12 heavy (non-hydrogen) atoms. The predicted molar refractivity (Wildman–Crippen MR) is 51.4 cm³/mol. The Morgan fingerprint density at radius 1 is 1.50 bits per heavy atom. The topological polar surface area (TPSA) is 53.1 Å². The van der Waals surface area contributed by atoms with Crippen LogP contribution in [-0.4, -0.2) is 30.4 Å². The molecule has 3 N–H and O–H groups in total. The van der Waals surface area contributed by atoms with Gasteiger partial charge in [-0.25, -0.2) is 0 Å². The summed E-state index contributed by atoms with van der Waals surface area (Å²) >= 11 is 0. The molecule has 1 aliphatic heterocycles. The summed E-state index contributed by atoms with van der Waals surface area (Å²) in [5, 5.41) is 7.19. The van der Waals surface area contributed by atoms with Crippen LogP contribution >= 0.6 is 0 Å². The monoisotopic (exact) mass is 169 g/mol. The van der Waals surface area contributed by atoms with E-state index in [1.165, 1.54) is 25.9 Å². The molecule has 3 heteroatoms. The second-order valence-electron chi connectivity index (χ2n) is 3.61. The molecule has 0 aromatic rings. The molecule has 0 bridgehead atoms. The normalized spacial score (nSPS) is 21.1. The number of hydrogen-bond acceptors (Lipinski definition) is 2. The number of nitrogens with one attached hydrogen (secondary N) is 1. The SMILES string of the molecule is CCN1CCC(CC(=N)N)CC1. The van der Waals surface area contributed by atoms with Crippen molar-refractivity contribution in [3.8, 4) is 0 Å². The molecule has 0 amide bonds. The van der Waals surface area contributed by atoms with Crippen LogP contribution in [0.4, 0.5) is 0 Å². The molecule has 0 spiro atoms. The molecule has 0 aliphatic carbocycles. The molecule has 1 aliphatic rings. The Balaban J connectivity index is 2.21. The highest BCUT2D eigenvalue weighted by Gasteiger charge is 2.18. The van der Waals surface area contributed by atoms with E-state index in [1.54, 1.807) is 0 Å². The third-order valence-electron chi connectivity index (χ3n) is 2.66. The number of nitrogens with zero attached hydrogens (tertiary/aromatic N) is 1. The summed E-state index contributed by atoms with van der Waals surface area (Å²) in [6, 6.07) is 0. The van der Waals surface area contributed by atoms with Crippen LogP contribution in [0.25, 0.3) is 0 Å². The van der Waals surface area contributed by atoms with Gasteiger partial charge in [0.15, 0.2) is 0 Å². The summed E-state index contributed by atoms with van der Waals surface area (Å²) in [5.74, 6) is 1.02. The quantitative estimate of drug-likeness (QED) is 0.490. The van der Waals surface area contributed by atoms with E-state index in [0.29, 0.717) is 11.8 Å². The maximum Gasteiger partial charge on any atom is 0.0908 e. The molecule has 0 aromatic carbocycles. The third kappa shape index (κ3) is 2.81. The molecule has 70 valence electrons. The van der Waals surface area contributed by atoms with Gasteiger partial charge in [-0.1, -0.05) is 6.92 Å². The Kier molecular flexibility index (Phi) is 3.53. The highest BCUT2D eigenvalue weighted by molar-refractivity contribution is 5.77. The Morgan fingerprint density at radius 2 is 2.08 bits per heavy atom. The molecule has 0 aromatic heterocycles. The van der Waals surface area contributed by atoms with E-state index < -0.39 is 0 Å². The lowest BCUT2D eigenvalue weighted by Gasteiger charge is -2.30. The molecule has 3 nitrogen and oxygen atoms in total. The lowest BCUT2D eigenvalue weighted by atomic mass is 9.93. The van der Waals surface area contributed by atoms with E-state index in [-0.39, 0.29) is 0 Å². The summed E-state index contributed by atoms with van der Waals surface area (Å²) < 4.78 is 0. The van der Waals surface area contributed by atoms with Gasteiger partial charge in [0.05, 0.1) is 5.84 Å². The molecule has 1 heterocycles. The van der Waals surface area contributed by atoms with Crippen LogP contribution < -0.4 is 5.73 Å². The average molecular weight is 169 g/mol. The minimum Gasteiger partial charge on any atom is -0.388 e. The summed E-state index contributed by atoms with van der Waals surface area (Å²) in [7, 11) is 0. The van der Waals surface area contributed by atoms with Crippen molar-refractivity contribution in [1.29, 1.82) is 5.41 Å². The van der Waals surface area contributed by atoms with Gasteiger partial charge in [0.1, 0.15) is 0 Å². The number of piperidine rings is 1. The molecule has 0 atom stereocenters. The van der Waals surface area contributed by atoms with Crippen LogP contribution in [0.2, 0.25) is 0 Å². The van der Waals surface area contributed by atoms with Crippen LogP contribution in [0.1, 0.15) is 26.2 Å². The van der Waals surface area contributed by atoms with Crippen molar-refractivity contribution in [3.63, 3.8) is 0 Å². The first-order valence-electron chi connectivity index (χ1n) is 4.77. The Hall–Kier alpha value is -0.570. The van der Waals surface area contributed by atoms with Crippen LogP contribution in [0.3, 0.4) is 0 Å². The van der Waals surface area contributed by atoms with Crippen LogP contribution in [0.5, 0.6) is 0 Å². The van der Waals surface area contributed by atoms with Gasteiger partial charge < -0.3 is 10.6 Å². The van der Waals surface area contributed by atoms with E-state index in [0.717, 1.165) is 13.0 Å². The zero-order chi connectivity index (χ0) is 8.97. The average Bonchev–Trinajstić information content (AvgIpc) is 2.05. The van der Waals surface area contributed by atoms with E-state index in [9.17, 15) is 0 Å². The zero-order valence-corrected chi connectivity index (χ0v) is 7.84. The number of nitrogens with two attached hydrogens (primary N) is 1. The molecule has 1 rings (SSSR count). The van der Waals surface area contributed by atoms with Gasteiger partial charge in [-0.3, -0.25) is 5.41 Å². The van der Waals surface area contributed by atoms with Crippen LogP contribution in [0.15, 0.2) is 0 Å². The third-order valence-corrected chi connectivity index (χ3v) is 2.66. The molecule has 1 fully saturated rings. The fourth-order valence-corrected chi connectivity index (χ4v) is 1.82. The standard InChI is InChI=1S/C9H19N3/c1-2-12-5-3-8(4-6-12)7-9(10)11/h8H,2-7H2,1H3,(H3,10,11). The first-order valence-corrected chi connectivity index (χ1v) is 4.77. The molecule has 0 saturated carbocycles. The largest absolute Gasteiger partial charge is 0.388 e. The summed E-state index contributed by atoms with van der Waals surface area (Å²) in [5.41, 5.74) is 5.36. The fraction of sp³-hybridized carbons (Fsp3) is 0.889. The zero-order valence-electron chi connectivity index (χ0n) is 7.84. The smallest absolute Gasteiger partial charge is 0.0908 e. The van der Waals surface area contributed by atoms with Crippen molar-refractivity contribution in [2.75, 3.05) is 19.6 Å². The number of likely N-dealkylation sites (tertiary alicyclic amines) is 1. The van der Waals surface area contributed by atoms with E-state index in [1.807, 2.05) is 0 Å². The Bertz CT molecular complexity index is 148. The molecular formula is C9H19N3. The second-order valence-corrected chi connectivity index (χ2v) is 3.61. The Morgan fingerprint density at radius 3 is 2.50 bits per heavy atom. The highest BCUT2D eigenvalue weighted by atomic mass is 15.1. The van der Waals surface area contributed by atoms with E-state index in [2.05, 4.69) is 11.8 Å². The minimum atomic E-state index is 0.352. The summed E-state index contributed by atoms with van der Waals surface area (Å²) in [6.07, 6.45) is 3.23. The Labute approximate surface area is 74.4 Å². The van der Waals surface area contributed by atoms with E-state index >= 15 is 0 Å². The molecule has 1 saturated heterocycles. The first kappa shape index (κ1) is 9.52.